The van der Waals surface area contributed by atoms with Crippen LogP contribution in [0.25, 0.3) is 21.3 Å². The molecule has 1 aliphatic rings. The van der Waals surface area contributed by atoms with Crippen molar-refractivity contribution < 1.29 is 13.2 Å². The van der Waals surface area contributed by atoms with Crippen LogP contribution < -0.4 is 9.80 Å². The molecule has 4 aromatic rings. The summed E-state index contributed by atoms with van der Waals surface area (Å²) in [5.74, 6) is 0.955. The Morgan fingerprint density at radius 1 is 0.875 bits per heavy atom. The van der Waals surface area contributed by atoms with Gasteiger partial charge < -0.3 is 9.80 Å². The summed E-state index contributed by atoms with van der Waals surface area (Å²) in [5, 5.41) is 3.10. The average Bonchev–Trinajstić information content (AvgIpc) is 3.09. The normalized spacial score (nSPS) is 15.2. The average molecular weight is 456 g/mol. The molecule has 0 atom stereocenters. The molecule has 10 heteroatoms. The molecule has 0 saturated carbocycles. The maximum absolute atomic E-state index is 13.1. The first-order chi connectivity index (χ1) is 15.5. The fourth-order valence-electron chi connectivity index (χ4n) is 3.92. The standard InChI is InChI=1S/C22H19F3N6S/c23-22(24,25)17-7-8-26-21(29-17)31-10-4-9-30(11-12-31)19-18-16(15-5-2-1-3-6-15)13-32-20(18)28-14-27-19/h1-3,5-8,13-14H,4,9-12H2. The van der Waals surface area contributed by atoms with Crippen LogP contribution >= 0.6 is 11.3 Å². The molecule has 32 heavy (non-hydrogen) atoms. The number of halogens is 3. The van der Waals surface area contributed by atoms with Gasteiger partial charge in [-0.1, -0.05) is 30.3 Å². The van der Waals surface area contributed by atoms with E-state index in [0.29, 0.717) is 19.6 Å². The lowest BCUT2D eigenvalue weighted by molar-refractivity contribution is -0.141. The van der Waals surface area contributed by atoms with E-state index in [-0.39, 0.29) is 5.95 Å². The van der Waals surface area contributed by atoms with E-state index >= 15 is 0 Å². The summed E-state index contributed by atoms with van der Waals surface area (Å²) in [6, 6.07) is 11.0. The summed E-state index contributed by atoms with van der Waals surface area (Å²) in [6.45, 7) is 2.39. The Kier molecular flexibility index (Phi) is 5.38. The molecule has 5 rings (SSSR count). The maximum Gasteiger partial charge on any atom is 0.433 e. The van der Waals surface area contributed by atoms with Gasteiger partial charge in [0.2, 0.25) is 5.95 Å². The summed E-state index contributed by atoms with van der Waals surface area (Å²) in [5.41, 5.74) is 1.26. The molecule has 4 heterocycles. The molecule has 0 unspecified atom stereocenters. The molecule has 0 spiro atoms. The van der Waals surface area contributed by atoms with Crippen molar-refractivity contribution >= 4 is 33.3 Å². The number of benzene rings is 1. The van der Waals surface area contributed by atoms with Crippen molar-refractivity contribution in [2.45, 2.75) is 12.6 Å². The van der Waals surface area contributed by atoms with E-state index in [1.165, 1.54) is 6.20 Å². The third-order valence-corrected chi connectivity index (χ3v) is 6.33. The van der Waals surface area contributed by atoms with Gasteiger partial charge in [0.15, 0.2) is 0 Å². The molecule has 1 aromatic carbocycles. The van der Waals surface area contributed by atoms with Crippen LogP contribution in [-0.4, -0.2) is 46.1 Å². The number of anilines is 2. The molecule has 3 aromatic heterocycles. The summed E-state index contributed by atoms with van der Waals surface area (Å²) < 4.78 is 39.2. The number of hydrogen-bond acceptors (Lipinski definition) is 7. The summed E-state index contributed by atoms with van der Waals surface area (Å²) in [7, 11) is 0. The molecule has 164 valence electrons. The van der Waals surface area contributed by atoms with E-state index in [1.54, 1.807) is 22.6 Å². The van der Waals surface area contributed by atoms with E-state index in [0.717, 1.165) is 46.2 Å². The quantitative estimate of drug-likeness (QED) is 0.438. The van der Waals surface area contributed by atoms with Gasteiger partial charge in [-0.15, -0.1) is 11.3 Å². The molecular weight excluding hydrogens is 437 g/mol. The smallest absolute Gasteiger partial charge is 0.354 e. The van der Waals surface area contributed by atoms with Gasteiger partial charge in [-0.3, -0.25) is 0 Å². The van der Waals surface area contributed by atoms with Gasteiger partial charge >= 0.3 is 6.18 Å². The Hall–Kier alpha value is -3.27. The van der Waals surface area contributed by atoms with Crippen molar-refractivity contribution in [1.82, 2.24) is 19.9 Å². The van der Waals surface area contributed by atoms with E-state index in [9.17, 15) is 13.2 Å². The lowest BCUT2D eigenvalue weighted by Gasteiger charge is -2.24. The molecule has 0 bridgehead atoms. The molecule has 0 radical (unpaired) electrons. The summed E-state index contributed by atoms with van der Waals surface area (Å²) >= 11 is 1.58. The van der Waals surface area contributed by atoms with Gasteiger partial charge in [-0.2, -0.15) is 13.2 Å². The molecule has 0 amide bonds. The zero-order valence-corrected chi connectivity index (χ0v) is 17.8. The zero-order valence-electron chi connectivity index (χ0n) is 17.0. The number of hydrogen-bond donors (Lipinski definition) is 0. The minimum Gasteiger partial charge on any atom is -0.354 e. The Morgan fingerprint density at radius 2 is 1.66 bits per heavy atom. The van der Waals surface area contributed by atoms with E-state index in [2.05, 4.69) is 42.3 Å². The van der Waals surface area contributed by atoms with Crippen LogP contribution in [0.3, 0.4) is 0 Å². The number of nitrogens with zero attached hydrogens (tertiary/aromatic N) is 6. The van der Waals surface area contributed by atoms with Gasteiger partial charge in [0.1, 0.15) is 22.7 Å². The van der Waals surface area contributed by atoms with Gasteiger partial charge in [-0.05, 0) is 18.1 Å². The van der Waals surface area contributed by atoms with Gasteiger partial charge in [-0.25, -0.2) is 19.9 Å². The number of alkyl halides is 3. The Labute approximate surface area is 186 Å². The predicted molar refractivity (Wildman–Crippen MR) is 119 cm³/mol. The fraction of sp³-hybridized carbons (Fsp3) is 0.273. The van der Waals surface area contributed by atoms with Crippen molar-refractivity contribution in [2.75, 3.05) is 36.0 Å². The van der Waals surface area contributed by atoms with Crippen LogP contribution in [0.5, 0.6) is 0 Å². The molecule has 0 aliphatic carbocycles. The van der Waals surface area contributed by atoms with Gasteiger partial charge in [0, 0.05) is 43.3 Å². The van der Waals surface area contributed by atoms with Crippen LogP contribution in [0.1, 0.15) is 12.1 Å². The van der Waals surface area contributed by atoms with Crippen molar-refractivity contribution in [1.29, 1.82) is 0 Å². The van der Waals surface area contributed by atoms with Crippen molar-refractivity contribution in [3.63, 3.8) is 0 Å². The highest BCUT2D eigenvalue weighted by atomic mass is 32.1. The fourth-order valence-corrected chi connectivity index (χ4v) is 4.83. The second-order valence-electron chi connectivity index (χ2n) is 7.46. The monoisotopic (exact) mass is 456 g/mol. The van der Waals surface area contributed by atoms with Crippen molar-refractivity contribution in [2.24, 2.45) is 0 Å². The third kappa shape index (κ3) is 3.97. The second-order valence-corrected chi connectivity index (χ2v) is 8.32. The van der Waals surface area contributed by atoms with Crippen LogP contribution in [0.2, 0.25) is 0 Å². The highest BCUT2D eigenvalue weighted by Crippen LogP contribution is 2.38. The number of fused-ring (bicyclic) bond motifs is 1. The summed E-state index contributed by atoms with van der Waals surface area (Å²) in [6.07, 6.45) is -1.01. The molecule has 1 aliphatic heterocycles. The van der Waals surface area contributed by atoms with Crippen molar-refractivity contribution in [3.05, 3.63) is 60.0 Å². The Morgan fingerprint density at radius 3 is 2.47 bits per heavy atom. The first-order valence-electron chi connectivity index (χ1n) is 10.2. The van der Waals surface area contributed by atoms with Gasteiger partial charge in [0.25, 0.3) is 0 Å². The van der Waals surface area contributed by atoms with Crippen LogP contribution in [-0.2, 0) is 6.18 Å². The molecule has 0 N–H and O–H groups in total. The highest BCUT2D eigenvalue weighted by molar-refractivity contribution is 7.17. The first-order valence-corrected chi connectivity index (χ1v) is 11.1. The van der Waals surface area contributed by atoms with Crippen LogP contribution in [0, 0.1) is 0 Å². The Balaban J connectivity index is 1.44. The first kappa shape index (κ1) is 20.6. The zero-order chi connectivity index (χ0) is 22.1. The maximum atomic E-state index is 13.1. The molecule has 1 fully saturated rings. The lowest BCUT2D eigenvalue weighted by atomic mass is 10.1. The minimum absolute atomic E-state index is 0.106. The van der Waals surface area contributed by atoms with Gasteiger partial charge in [0.05, 0.1) is 5.39 Å². The topological polar surface area (TPSA) is 58.0 Å². The third-order valence-electron chi connectivity index (χ3n) is 5.45. The number of thiophene rings is 1. The minimum atomic E-state index is -4.49. The SMILES string of the molecule is FC(F)(F)c1ccnc(N2CCCN(c3ncnc4scc(-c5ccccc5)c34)CC2)n1. The number of aromatic nitrogens is 4. The van der Waals surface area contributed by atoms with E-state index in [4.69, 9.17) is 0 Å². The predicted octanol–water partition coefficient (Wildman–Crippen LogP) is 4.88. The molecular formula is C22H19F3N6S. The lowest BCUT2D eigenvalue weighted by Crippen LogP contribution is -2.32. The van der Waals surface area contributed by atoms with Crippen LogP contribution in [0.4, 0.5) is 24.9 Å². The van der Waals surface area contributed by atoms with E-state index in [1.807, 2.05) is 18.2 Å². The second kappa shape index (κ2) is 8.34. The molecule has 6 nitrogen and oxygen atoms in total. The summed E-state index contributed by atoms with van der Waals surface area (Å²) in [4.78, 5) is 21.8. The number of rotatable bonds is 3. The highest BCUT2D eigenvalue weighted by Gasteiger charge is 2.33. The largest absolute Gasteiger partial charge is 0.433 e. The molecule has 1 saturated heterocycles. The van der Waals surface area contributed by atoms with Crippen LogP contribution in [0.15, 0.2) is 54.3 Å². The van der Waals surface area contributed by atoms with Crippen molar-refractivity contribution in [3.8, 4) is 11.1 Å². The van der Waals surface area contributed by atoms with E-state index < -0.39 is 11.9 Å². The Bertz CT molecular complexity index is 1230.